The van der Waals surface area contributed by atoms with Gasteiger partial charge in [-0.1, -0.05) is 113 Å². The maximum absolute atomic E-state index is 12.8. The van der Waals surface area contributed by atoms with Crippen LogP contribution in [0.4, 0.5) is 0 Å². The smallest absolute Gasteiger partial charge is 0.261 e. The summed E-state index contributed by atoms with van der Waals surface area (Å²) in [6.45, 7) is 12.0. The van der Waals surface area contributed by atoms with Gasteiger partial charge in [0.05, 0.1) is 137 Å². The zero-order chi connectivity index (χ0) is 86.3. The number of imidazole rings is 4. The van der Waals surface area contributed by atoms with Crippen molar-refractivity contribution in [3.8, 4) is 0 Å². The number of benzene rings is 6. The molecule has 126 heavy (non-hydrogen) atoms. The molecule has 650 valence electrons. The van der Waals surface area contributed by atoms with Gasteiger partial charge in [0, 0.05) is 56.0 Å². The standard InChI is InChI=1S/C30H31N5O2.C22H29N5.C18H18N4O.C18H20N4.C12H12BrNO2.HI/c1-20-10-9-17-31-27(20)25-15-8-16-26(28-32-23-13-4-5-14-24(23)33-28)34(25)18-6-7-19-35-29(36)21-11-2-3-12-22(21)30(35)37;1-16-8-7-14-24-21(16)19-11-6-12-20(27(19)15-5-4-13-23)22-25-17-9-2-3-10-18(17)26-22;1-11-5-4-8-19-17(11)15-9-12(23)10-16(20-15)18-21-13-6-2-3-7-14(13)22-18;1-12-6-5-11-19-17(12)15-9-4-10-16(20-15)18-21-13-7-2-3-8-14(13)22-18;13-7-3-4-8-14-11(15)9-5-1-2-6-10(9)12(14)16;/h2-5,9-14,17,25-26H,6-8,15-16,18-19H2,1H3,(H,32,33);2-3,7-10,14,19-20H,4-6,11-13,15,23H2,1H3,(H,25,26);2-8,15-16,20H,9-10H2,1H3,(H,21,22);2-3,5-8,11,15-16,20H,4,9-10H2,1H3,(H,21,22);1-2,5-6H,3-4,7-8H2;1H/p-1/t25-,26+;19-,20+;15-,16-;15-,16+;;/m0010../s1. The molecule has 20 rings (SSSR count). The predicted octanol–water partition coefficient (Wildman–Crippen LogP) is 16.2. The van der Waals surface area contributed by atoms with Crippen LogP contribution in [-0.4, -0.2) is 147 Å². The molecule has 4 fully saturated rings. The predicted molar refractivity (Wildman–Crippen MR) is 492 cm³/mol. The van der Waals surface area contributed by atoms with E-state index in [0.717, 1.165) is 193 Å². The van der Waals surface area contributed by atoms with Gasteiger partial charge >= 0.3 is 0 Å². The van der Waals surface area contributed by atoms with Crippen LogP contribution in [0, 0.1) is 27.7 Å². The summed E-state index contributed by atoms with van der Waals surface area (Å²) >= 11 is 3.33. The molecule has 4 amide bonds. The number of hydrogen-bond acceptors (Lipinski definition) is 18. The third kappa shape index (κ3) is 20.6. The van der Waals surface area contributed by atoms with Crippen molar-refractivity contribution in [2.75, 3.05) is 38.1 Å². The Kier molecular flexibility index (Phi) is 30.1. The Morgan fingerprint density at radius 3 is 1.06 bits per heavy atom. The van der Waals surface area contributed by atoms with Crippen LogP contribution in [0.3, 0.4) is 0 Å². The number of Topliss-reactive ketones (excluding diaryl/α,β-unsaturated/α-hetero) is 1. The topological polar surface area (TPSA) is 315 Å². The lowest BCUT2D eigenvalue weighted by Crippen LogP contribution is -3.00. The molecule has 0 bridgehead atoms. The van der Waals surface area contributed by atoms with Gasteiger partial charge in [-0.25, -0.2) is 19.9 Å². The Labute approximate surface area is 760 Å². The zero-order valence-electron chi connectivity index (χ0n) is 71.9. The minimum Gasteiger partial charge on any atom is -1.00 e. The SMILES string of the molecule is Cc1cccnc1[C@@H]1CCC[C@H](c2nc3ccccc3[nH]2)N1.Cc1cccnc1[C@@H]1CCC[C@H](c2nc3ccccc3[nH]2)N1CCCCN.Cc1cccnc1[C@@H]1CCC[C@H](c2nc3ccccc3[nH]2)N1CCCCN1C(=O)c2ccccc2C1=O.Cc1cccnc1[C@H]1CC(=O)C[C@H](c2nc3ccccc3[nH]2)N1.O=C1c2ccccc2C(=O)N1CCCCBr.[I-]. The fraction of sp³-hybridized carbons (Fsp3) is 0.350. The second-order valence-electron chi connectivity index (χ2n) is 33.4. The molecule has 14 aromatic rings. The average molecular weight is 1860 g/mol. The number of alkyl halides is 1. The van der Waals surface area contributed by atoms with Crippen LogP contribution in [0.2, 0.25) is 0 Å². The molecule has 26 heteroatoms. The number of piperidine rings is 4. The number of halogens is 2. The van der Waals surface area contributed by atoms with Crippen molar-refractivity contribution in [3.05, 3.63) is 309 Å². The summed E-state index contributed by atoms with van der Waals surface area (Å²) in [5.74, 6) is 3.51. The van der Waals surface area contributed by atoms with Crippen LogP contribution in [-0.2, 0) is 4.79 Å². The molecule has 6 aliphatic heterocycles. The van der Waals surface area contributed by atoms with Gasteiger partial charge in [0.1, 0.15) is 29.1 Å². The molecule has 0 unspecified atom stereocenters. The number of amides is 4. The maximum atomic E-state index is 12.8. The van der Waals surface area contributed by atoms with Crippen molar-refractivity contribution < 1.29 is 47.9 Å². The molecule has 0 aliphatic carbocycles. The number of nitrogens with two attached hydrogens (primary N) is 1. The van der Waals surface area contributed by atoms with Crippen LogP contribution >= 0.6 is 15.9 Å². The number of aryl methyl sites for hydroxylation is 4. The quantitative estimate of drug-likeness (QED) is 0.0152. The van der Waals surface area contributed by atoms with Crippen LogP contribution in [0.1, 0.15) is 267 Å². The van der Waals surface area contributed by atoms with E-state index in [-0.39, 0.29) is 83.6 Å². The van der Waals surface area contributed by atoms with Gasteiger partial charge in [0.2, 0.25) is 0 Å². The molecular weight excluding hydrogens is 1750 g/mol. The summed E-state index contributed by atoms with van der Waals surface area (Å²) in [6, 6.07) is 64.5. The summed E-state index contributed by atoms with van der Waals surface area (Å²) in [7, 11) is 0. The summed E-state index contributed by atoms with van der Waals surface area (Å²) in [6.07, 6.45) is 24.1. The van der Waals surface area contributed by atoms with E-state index in [1.807, 2.05) is 129 Å². The molecule has 8 aromatic heterocycles. The highest BCUT2D eigenvalue weighted by atomic mass is 127. The van der Waals surface area contributed by atoms with E-state index in [4.69, 9.17) is 30.7 Å². The highest BCUT2D eigenvalue weighted by molar-refractivity contribution is 9.09. The van der Waals surface area contributed by atoms with Gasteiger partial charge in [-0.05, 0) is 263 Å². The first kappa shape index (κ1) is 89.6. The average Bonchev–Trinajstić information content (AvgIpc) is 1.65. The number of fused-ring (bicyclic) bond motifs is 6. The Balaban J connectivity index is 0.000000124. The molecule has 8 N–H and O–H groups in total. The minimum absolute atomic E-state index is 0. The molecule has 0 radical (unpaired) electrons. The Hall–Kier alpha value is -11.2. The number of H-pyrrole nitrogens is 4. The largest absolute Gasteiger partial charge is 1.00 e. The van der Waals surface area contributed by atoms with Gasteiger partial charge in [-0.3, -0.25) is 74.1 Å². The number of unbranched alkanes of at least 4 members (excludes halogenated alkanes) is 3. The van der Waals surface area contributed by atoms with E-state index in [9.17, 15) is 24.0 Å². The summed E-state index contributed by atoms with van der Waals surface area (Å²) in [5, 5.41) is 8.17. The molecule has 0 saturated carbocycles. The van der Waals surface area contributed by atoms with Gasteiger partial charge in [0.15, 0.2) is 0 Å². The van der Waals surface area contributed by atoms with Crippen LogP contribution in [0.25, 0.3) is 44.1 Å². The number of likely N-dealkylation sites (tertiary alicyclic amines) is 2. The fourth-order valence-electron chi connectivity index (χ4n) is 18.7. The normalized spacial score (nSPS) is 20.0. The molecule has 0 spiro atoms. The van der Waals surface area contributed by atoms with Crippen LogP contribution in [0.15, 0.2) is 219 Å². The number of nitrogens with zero attached hydrogens (tertiary/aromatic N) is 12. The number of nitrogens with one attached hydrogen (secondary N) is 6. The number of hydrogen-bond donors (Lipinski definition) is 7. The molecular formula is C100H110BrIN19O5-. The van der Waals surface area contributed by atoms with E-state index in [1.54, 1.807) is 42.6 Å². The highest BCUT2D eigenvalue weighted by Crippen LogP contribution is 2.45. The Morgan fingerprint density at radius 1 is 0.341 bits per heavy atom. The van der Waals surface area contributed by atoms with E-state index in [0.29, 0.717) is 66.3 Å². The van der Waals surface area contributed by atoms with E-state index in [1.165, 1.54) is 50.7 Å². The molecule has 6 aliphatic rings. The maximum Gasteiger partial charge on any atom is 0.261 e. The van der Waals surface area contributed by atoms with Gasteiger partial charge in [-0.15, -0.1) is 0 Å². The lowest BCUT2D eigenvalue weighted by atomic mass is 9.91. The Bertz CT molecular complexity index is 5900. The van der Waals surface area contributed by atoms with Crippen LogP contribution < -0.4 is 40.3 Å². The number of imide groups is 2. The van der Waals surface area contributed by atoms with Crippen molar-refractivity contribution in [2.24, 2.45) is 5.73 Å². The van der Waals surface area contributed by atoms with Crippen molar-refractivity contribution in [2.45, 2.75) is 185 Å². The second-order valence-corrected chi connectivity index (χ2v) is 34.2. The fourth-order valence-corrected chi connectivity index (χ4v) is 19.1. The first-order valence-corrected chi connectivity index (χ1v) is 45.4. The van der Waals surface area contributed by atoms with Gasteiger partial charge in [-0.2, -0.15) is 0 Å². The number of ketones is 1. The van der Waals surface area contributed by atoms with Crippen molar-refractivity contribution in [1.29, 1.82) is 0 Å². The summed E-state index contributed by atoms with van der Waals surface area (Å²) in [5.41, 5.74) is 25.4. The summed E-state index contributed by atoms with van der Waals surface area (Å²) in [4.78, 5) is 121. The number of aromatic nitrogens is 12. The van der Waals surface area contributed by atoms with E-state index < -0.39 is 0 Å². The third-order valence-electron chi connectivity index (χ3n) is 25.0. The third-order valence-corrected chi connectivity index (χ3v) is 25.6. The van der Waals surface area contributed by atoms with Gasteiger partial charge in [0.25, 0.3) is 23.6 Å². The number of pyridine rings is 4. The van der Waals surface area contributed by atoms with Crippen LogP contribution in [0.5, 0.6) is 0 Å². The zero-order valence-corrected chi connectivity index (χ0v) is 75.7. The Morgan fingerprint density at radius 2 is 0.659 bits per heavy atom. The number of para-hydroxylation sites is 8. The lowest BCUT2D eigenvalue weighted by Gasteiger charge is -2.41. The number of carbonyl (C=O) groups is 5. The first-order chi connectivity index (χ1) is 61.2. The van der Waals surface area contributed by atoms with Crippen molar-refractivity contribution in [3.63, 3.8) is 0 Å². The van der Waals surface area contributed by atoms with Crippen molar-refractivity contribution >= 4 is 89.5 Å². The van der Waals surface area contributed by atoms with Gasteiger partial charge < -0.3 is 49.6 Å². The molecule has 6 aromatic carbocycles. The first-order valence-electron chi connectivity index (χ1n) is 44.3. The second kappa shape index (κ2) is 42.4. The molecule has 8 atom stereocenters. The van der Waals surface area contributed by atoms with E-state index in [2.05, 4.69) is 147 Å². The molecule has 14 heterocycles. The van der Waals surface area contributed by atoms with E-state index >= 15 is 0 Å². The summed E-state index contributed by atoms with van der Waals surface area (Å²) < 4.78 is 0. The highest BCUT2D eigenvalue weighted by Gasteiger charge is 2.40. The molecule has 24 nitrogen and oxygen atoms in total. The monoisotopic (exact) mass is 1860 g/mol. The lowest BCUT2D eigenvalue weighted by molar-refractivity contribution is -0.121. The minimum atomic E-state index is -0.180. The number of aromatic amines is 4. The number of carbonyl (C=O) groups excluding carboxylic acids is 5. The van der Waals surface area contributed by atoms with Crippen molar-refractivity contribution in [1.82, 2.24) is 90.0 Å². The molecule has 4 saturated heterocycles. The number of rotatable bonds is 21.